The van der Waals surface area contributed by atoms with Crippen LogP contribution in [0.25, 0.3) is 22.8 Å². The molecular formula is C22H14N2O. The van der Waals surface area contributed by atoms with Crippen molar-refractivity contribution in [1.29, 1.82) is 0 Å². The molecule has 0 unspecified atom stereocenters. The van der Waals surface area contributed by atoms with E-state index in [1.54, 1.807) is 18.6 Å². The third-order valence-corrected chi connectivity index (χ3v) is 3.73. The molecule has 0 amide bonds. The van der Waals surface area contributed by atoms with E-state index in [-0.39, 0.29) is 0 Å². The number of oxazole rings is 1. The molecule has 0 spiro atoms. The Bertz CT molecular complexity index is 1020. The number of hydrogen-bond acceptors (Lipinski definition) is 3. The zero-order valence-electron chi connectivity index (χ0n) is 13.4. The summed E-state index contributed by atoms with van der Waals surface area (Å²) in [6, 6.07) is 21.6. The Kier molecular flexibility index (Phi) is 4.09. The Morgan fingerprint density at radius 1 is 0.680 bits per heavy atom. The highest BCUT2D eigenvalue weighted by atomic mass is 16.4. The van der Waals surface area contributed by atoms with E-state index < -0.39 is 0 Å². The first kappa shape index (κ1) is 14.9. The van der Waals surface area contributed by atoms with E-state index in [0.29, 0.717) is 5.89 Å². The van der Waals surface area contributed by atoms with Gasteiger partial charge < -0.3 is 4.42 Å². The van der Waals surface area contributed by atoms with Gasteiger partial charge in [0.15, 0.2) is 5.76 Å². The maximum Gasteiger partial charge on any atom is 0.226 e. The Balaban J connectivity index is 1.55. The van der Waals surface area contributed by atoms with Crippen molar-refractivity contribution in [2.24, 2.45) is 0 Å². The van der Waals surface area contributed by atoms with Gasteiger partial charge in [0.05, 0.1) is 6.20 Å². The van der Waals surface area contributed by atoms with Gasteiger partial charge >= 0.3 is 0 Å². The molecule has 2 aromatic carbocycles. The molecule has 0 saturated carbocycles. The van der Waals surface area contributed by atoms with Gasteiger partial charge in [-0.2, -0.15) is 0 Å². The van der Waals surface area contributed by atoms with Crippen molar-refractivity contribution in [2.75, 3.05) is 0 Å². The number of nitrogens with zero attached hydrogens (tertiary/aromatic N) is 2. The number of hydrogen-bond donors (Lipinski definition) is 0. The summed E-state index contributed by atoms with van der Waals surface area (Å²) in [4.78, 5) is 8.34. The molecule has 25 heavy (non-hydrogen) atoms. The monoisotopic (exact) mass is 322 g/mol. The molecule has 4 rings (SSSR count). The van der Waals surface area contributed by atoms with Crippen LogP contribution in [0.5, 0.6) is 0 Å². The lowest BCUT2D eigenvalue weighted by molar-refractivity contribution is 0.589. The van der Waals surface area contributed by atoms with Gasteiger partial charge in [-0.3, -0.25) is 4.98 Å². The summed E-state index contributed by atoms with van der Waals surface area (Å²) in [6.07, 6.45) is 5.18. The van der Waals surface area contributed by atoms with Crippen LogP contribution in [0.3, 0.4) is 0 Å². The molecule has 2 aromatic heterocycles. The van der Waals surface area contributed by atoms with Crippen LogP contribution in [0.4, 0.5) is 0 Å². The van der Waals surface area contributed by atoms with Crippen LogP contribution in [0, 0.1) is 11.8 Å². The Morgan fingerprint density at radius 3 is 2.08 bits per heavy atom. The lowest BCUT2D eigenvalue weighted by atomic mass is 10.1. The van der Waals surface area contributed by atoms with Crippen LogP contribution < -0.4 is 0 Å². The summed E-state index contributed by atoms with van der Waals surface area (Å²) < 4.78 is 5.85. The predicted molar refractivity (Wildman–Crippen MR) is 97.6 cm³/mol. The molecule has 0 aliphatic heterocycles. The third-order valence-electron chi connectivity index (χ3n) is 3.73. The van der Waals surface area contributed by atoms with Gasteiger partial charge in [0.25, 0.3) is 0 Å². The zero-order chi connectivity index (χ0) is 16.9. The Labute approximate surface area is 146 Å². The predicted octanol–water partition coefficient (Wildman–Crippen LogP) is 4.80. The fraction of sp³-hybridized carbons (Fsp3) is 0. The highest BCUT2D eigenvalue weighted by Crippen LogP contribution is 2.25. The molecule has 3 nitrogen and oxygen atoms in total. The average Bonchev–Trinajstić information content (AvgIpc) is 3.19. The van der Waals surface area contributed by atoms with Gasteiger partial charge in [0.2, 0.25) is 5.89 Å². The van der Waals surface area contributed by atoms with Gasteiger partial charge in [0, 0.05) is 34.6 Å². The zero-order valence-corrected chi connectivity index (χ0v) is 13.4. The molecule has 2 heterocycles. The number of rotatable bonds is 2. The maximum atomic E-state index is 5.85. The second kappa shape index (κ2) is 6.86. The highest BCUT2D eigenvalue weighted by Gasteiger charge is 2.08. The summed E-state index contributed by atoms with van der Waals surface area (Å²) in [5.74, 6) is 7.64. The molecule has 0 radical (unpaired) electrons. The lowest BCUT2D eigenvalue weighted by Crippen LogP contribution is -1.78. The van der Waals surface area contributed by atoms with E-state index in [0.717, 1.165) is 28.0 Å². The van der Waals surface area contributed by atoms with E-state index >= 15 is 0 Å². The lowest BCUT2D eigenvalue weighted by Gasteiger charge is -1.97. The molecule has 3 heteroatoms. The van der Waals surface area contributed by atoms with Crippen LogP contribution in [0.15, 0.2) is 89.7 Å². The highest BCUT2D eigenvalue weighted by molar-refractivity contribution is 5.61. The van der Waals surface area contributed by atoms with E-state index in [1.165, 1.54) is 0 Å². The normalized spacial score (nSPS) is 10.1. The molecule has 4 aromatic rings. The van der Waals surface area contributed by atoms with Crippen molar-refractivity contribution in [1.82, 2.24) is 9.97 Å². The van der Waals surface area contributed by atoms with Gasteiger partial charge in [-0.1, -0.05) is 30.0 Å². The number of aromatic nitrogens is 2. The van der Waals surface area contributed by atoms with Crippen LogP contribution in [-0.2, 0) is 0 Å². The molecule has 0 aliphatic rings. The first-order valence-electron chi connectivity index (χ1n) is 7.92. The van der Waals surface area contributed by atoms with E-state index in [1.807, 2.05) is 66.7 Å². The van der Waals surface area contributed by atoms with Crippen LogP contribution in [0.2, 0.25) is 0 Å². The molecule has 0 N–H and O–H groups in total. The maximum absolute atomic E-state index is 5.85. The molecule has 0 aliphatic carbocycles. The quantitative estimate of drug-likeness (QED) is 0.497. The SMILES string of the molecule is C(#Cc1ccc(-c2cnc(-c3ccncc3)o2)cc1)c1ccccc1. The van der Waals surface area contributed by atoms with Gasteiger partial charge in [0.1, 0.15) is 0 Å². The van der Waals surface area contributed by atoms with Crippen molar-refractivity contribution in [3.8, 4) is 34.6 Å². The molecule has 0 fully saturated rings. The van der Waals surface area contributed by atoms with Crippen molar-refractivity contribution in [3.05, 3.63) is 96.4 Å². The molecule has 0 atom stereocenters. The molecule has 0 bridgehead atoms. The smallest absolute Gasteiger partial charge is 0.226 e. The largest absolute Gasteiger partial charge is 0.436 e. The van der Waals surface area contributed by atoms with E-state index in [9.17, 15) is 0 Å². The molecule has 118 valence electrons. The number of benzene rings is 2. The van der Waals surface area contributed by atoms with Crippen molar-refractivity contribution < 1.29 is 4.42 Å². The van der Waals surface area contributed by atoms with Gasteiger partial charge in [-0.15, -0.1) is 0 Å². The van der Waals surface area contributed by atoms with Crippen LogP contribution in [0.1, 0.15) is 11.1 Å². The fourth-order valence-corrected chi connectivity index (χ4v) is 2.42. The first-order valence-corrected chi connectivity index (χ1v) is 7.92. The van der Waals surface area contributed by atoms with E-state index in [4.69, 9.17) is 4.42 Å². The second-order valence-corrected chi connectivity index (χ2v) is 5.46. The third kappa shape index (κ3) is 3.49. The van der Waals surface area contributed by atoms with Gasteiger partial charge in [-0.05, 0) is 48.5 Å². The molecular weight excluding hydrogens is 308 g/mol. The summed E-state index contributed by atoms with van der Waals surface area (Å²) in [5.41, 5.74) is 3.84. The van der Waals surface area contributed by atoms with Crippen molar-refractivity contribution in [2.45, 2.75) is 0 Å². The van der Waals surface area contributed by atoms with Crippen LogP contribution >= 0.6 is 0 Å². The summed E-state index contributed by atoms with van der Waals surface area (Å²) in [6.45, 7) is 0. The topological polar surface area (TPSA) is 38.9 Å². The second-order valence-electron chi connectivity index (χ2n) is 5.46. The minimum absolute atomic E-state index is 0.588. The summed E-state index contributed by atoms with van der Waals surface area (Å²) in [7, 11) is 0. The average molecular weight is 322 g/mol. The Morgan fingerprint density at radius 2 is 1.36 bits per heavy atom. The summed E-state index contributed by atoms with van der Waals surface area (Å²) in [5, 5.41) is 0. The first-order chi connectivity index (χ1) is 12.4. The molecule has 0 saturated heterocycles. The summed E-state index contributed by atoms with van der Waals surface area (Å²) >= 11 is 0. The fourth-order valence-electron chi connectivity index (χ4n) is 2.42. The minimum Gasteiger partial charge on any atom is -0.436 e. The minimum atomic E-state index is 0.588. The number of pyridine rings is 1. The van der Waals surface area contributed by atoms with Crippen molar-refractivity contribution in [3.63, 3.8) is 0 Å². The van der Waals surface area contributed by atoms with Gasteiger partial charge in [-0.25, -0.2) is 4.98 Å². The standard InChI is InChI=1S/C22H14N2O/c1-2-4-17(5-3-1)6-7-18-8-10-19(11-9-18)21-16-24-22(25-21)20-12-14-23-15-13-20/h1-5,8-16H. The Hall–Kier alpha value is -3.64. The van der Waals surface area contributed by atoms with E-state index in [2.05, 4.69) is 21.8 Å². The van der Waals surface area contributed by atoms with Crippen LogP contribution in [-0.4, -0.2) is 9.97 Å². The van der Waals surface area contributed by atoms with Crippen molar-refractivity contribution >= 4 is 0 Å².